The number of nitrogens with zero attached hydrogens (tertiary/aromatic N) is 2. The molecule has 3 heteroatoms. The van der Waals surface area contributed by atoms with E-state index in [0.29, 0.717) is 5.25 Å². The topological polar surface area (TPSA) is 17.8 Å². The van der Waals surface area contributed by atoms with Gasteiger partial charge in [-0.3, -0.25) is 0 Å². The molecule has 0 aliphatic carbocycles. The van der Waals surface area contributed by atoms with E-state index in [-0.39, 0.29) is 0 Å². The number of rotatable bonds is 5. The molecule has 0 saturated carbocycles. The molecular weight excluding hydrogens is 228 g/mol. The van der Waals surface area contributed by atoms with Gasteiger partial charge in [-0.2, -0.15) is 0 Å². The second kappa shape index (κ2) is 5.92. The summed E-state index contributed by atoms with van der Waals surface area (Å²) < 4.78 is 2.07. The standard InChI is InChI=1S/C14H18N2S/c1-12(17-14-15-10-11-16(14)2)8-9-13-6-4-3-5-7-13/h3-7,10-12H,8-9H2,1-2H3. The van der Waals surface area contributed by atoms with E-state index in [2.05, 4.69) is 46.8 Å². The molecule has 2 aromatic rings. The van der Waals surface area contributed by atoms with Gasteiger partial charge in [0.05, 0.1) is 0 Å². The average Bonchev–Trinajstić information content (AvgIpc) is 2.74. The van der Waals surface area contributed by atoms with Crippen molar-refractivity contribution in [2.24, 2.45) is 7.05 Å². The van der Waals surface area contributed by atoms with E-state index >= 15 is 0 Å². The van der Waals surface area contributed by atoms with Crippen LogP contribution < -0.4 is 0 Å². The first-order valence-corrected chi connectivity index (χ1v) is 6.81. The zero-order valence-corrected chi connectivity index (χ0v) is 11.2. The molecule has 0 aliphatic rings. The fraction of sp³-hybridized carbons (Fsp3) is 0.357. The van der Waals surface area contributed by atoms with Crippen molar-refractivity contribution in [2.45, 2.75) is 30.2 Å². The molecule has 90 valence electrons. The molecule has 1 atom stereocenters. The molecule has 0 radical (unpaired) electrons. The third-order valence-corrected chi connectivity index (χ3v) is 4.01. The third-order valence-electron chi connectivity index (χ3n) is 2.77. The fourth-order valence-electron chi connectivity index (χ4n) is 1.72. The van der Waals surface area contributed by atoms with Crippen molar-refractivity contribution in [3.63, 3.8) is 0 Å². The monoisotopic (exact) mass is 246 g/mol. The molecule has 0 saturated heterocycles. The van der Waals surface area contributed by atoms with Crippen molar-refractivity contribution in [1.82, 2.24) is 9.55 Å². The lowest BCUT2D eigenvalue weighted by Crippen LogP contribution is -2.01. The Bertz CT molecular complexity index is 450. The number of thioether (sulfide) groups is 1. The minimum atomic E-state index is 0.594. The van der Waals surface area contributed by atoms with Crippen LogP contribution in [0.1, 0.15) is 18.9 Å². The Morgan fingerprint density at radius 2 is 2.06 bits per heavy atom. The van der Waals surface area contributed by atoms with E-state index in [1.165, 1.54) is 12.0 Å². The molecule has 0 spiro atoms. The largest absolute Gasteiger partial charge is 0.329 e. The van der Waals surface area contributed by atoms with Crippen LogP contribution >= 0.6 is 11.8 Å². The van der Waals surface area contributed by atoms with Gasteiger partial charge >= 0.3 is 0 Å². The van der Waals surface area contributed by atoms with Gasteiger partial charge in [-0.05, 0) is 18.4 Å². The number of hydrogen-bond donors (Lipinski definition) is 0. The Morgan fingerprint density at radius 1 is 1.29 bits per heavy atom. The normalized spacial score (nSPS) is 12.6. The summed E-state index contributed by atoms with van der Waals surface area (Å²) in [7, 11) is 2.04. The first-order chi connectivity index (χ1) is 8.25. The fourth-order valence-corrected chi connectivity index (χ4v) is 2.66. The van der Waals surface area contributed by atoms with Crippen LogP contribution in [0.2, 0.25) is 0 Å². The van der Waals surface area contributed by atoms with Gasteiger partial charge in [0, 0.05) is 24.7 Å². The number of benzene rings is 1. The highest BCUT2D eigenvalue weighted by molar-refractivity contribution is 7.99. The van der Waals surface area contributed by atoms with Crippen LogP contribution in [0.15, 0.2) is 47.9 Å². The highest BCUT2D eigenvalue weighted by Crippen LogP contribution is 2.24. The maximum Gasteiger partial charge on any atom is 0.167 e. The number of imidazole rings is 1. The molecule has 1 heterocycles. The lowest BCUT2D eigenvalue weighted by molar-refractivity contribution is 0.768. The van der Waals surface area contributed by atoms with Gasteiger partial charge in [0.25, 0.3) is 0 Å². The number of aromatic nitrogens is 2. The SMILES string of the molecule is CC(CCc1ccccc1)Sc1nccn1C. The van der Waals surface area contributed by atoms with Crippen molar-refractivity contribution in [1.29, 1.82) is 0 Å². The second-order valence-corrected chi connectivity index (χ2v) is 5.68. The van der Waals surface area contributed by atoms with Gasteiger partial charge in [-0.25, -0.2) is 4.98 Å². The zero-order valence-electron chi connectivity index (χ0n) is 10.3. The Labute approximate surface area is 107 Å². The van der Waals surface area contributed by atoms with Crippen LogP contribution in [0.5, 0.6) is 0 Å². The van der Waals surface area contributed by atoms with E-state index in [1.807, 2.05) is 31.2 Å². The Morgan fingerprint density at radius 3 is 2.71 bits per heavy atom. The summed E-state index contributed by atoms with van der Waals surface area (Å²) in [6.45, 7) is 2.27. The Hall–Kier alpha value is -1.22. The second-order valence-electron chi connectivity index (χ2n) is 4.27. The summed E-state index contributed by atoms with van der Waals surface area (Å²) in [5.41, 5.74) is 1.42. The van der Waals surface area contributed by atoms with Crippen molar-refractivity contribution < 1.29 is 0 Å². The molecule has 0 bridgehead atoms. The summed E-state index contributed by atoms with van der Waals surface area (Å²) in [4.78, 5) is 4.34. The van der Waals surface area contributed by atoms with E-state index < -0.39 is 0 Å². The average molecular weight is 246 g/mol. The zero-order chi connectivity index (χ0) is 12.1. The van der Waals surface area contributed by atoms with Crippen LogP contribution in [0, 0.1) is 0 Å². The van der Waals surface area contributed by atoms with Gasteiger partial charge in [0.15, 0.2) is 5.16 Å². The minimum absolute atomic E-state index is 0.594. The lowest BCUT2D eigenvalue weighted by atomic mass is 10.1. The van der Waals surface area contributed by atoms with Crippen LogP contribution in [-0.2, 0) is 13.5 Å². The van der Waals surface area contributed by atoms with E-state index in [4.69, 9.17) is 0 Å². The van der Waals surface area contributed by atoms with Crippen molar-refractivity contribution in [2.75, 3.05) is 0 Å². The first-order valence-electron chi connectivity index (χ1n) is 5.93. The maximum atomic E-state index is 4.34. The summed E-state index contributed by atoms with van der Waals surface area (Å²) in [5.74, 6) is 0. The Kier molecular flexibility index (Phi) is 4.26. The molecule has 0 N–H and O–H groups in total. The van der Waals surface area contributed by atoms with Crippen molar-refractivity contribution in [3.05, 3.63) is 48.3 Å². The number of aryl methyl sites for hydroxylation is 2. The smallest absolute Gasteiger partial charge is 0.167 e. The molecule has 2 rings (SSSR count). The molecule has 1 unspecified atom stereocenters. The molecule has 0 aliphatic heterocycles. The van der Waals surface area contributed by atoms with Crippen molar-refractivity contribution in [3.8, 4) is 0 Å². The van der Waals surface area contributed by atoms with Crippen molar-refractivity contribution >= 4 is 11.8 Å². The van der Waals surface area contributed by atoms with Gasteiger partial charge in [-0.15, -0.1) is 0 Å². The van der Waals surface area contributed by atoms with Crippen LogP contribution in [0.3, 0.4) is 0 Å². The molecule has 0 amide bonds. The predicted molar refractivity (Wildman–Crippen MR) is 73.3 cm³/mol. The summed E-state index contributed by atoms with van der Waals surface area (Å²) in [6, 6.07) is 10.7. The predicted octanol–water partition coefficient (Wildman–Crippen LogP) is 3.53. The molecule has 1 aromatic heterocycles. The van der Waals surface area contributed by atoms with E-state index in [1.54, 1.807) is 0 Å². The van der Waals surface area contributed by atoms with Gasteiger partial charge in [0.2, 0.25) is 0 Å². The number of hydrogen-bond acceptors (Lipinski definition) is 2. The van der Waals surface area contributed by atoms with Crippen LogP contribution in [0.4, 0.5) is 0 Å². The highest BCUT2D eigenvalue weighted by atomic mass is 32.2. The molecule has 1 aromatic carbocycles. The first kappa shape index (κ1) is 12.2. The minimum Gasteiger partial charge on any atom is -0.329 e. The van der Waals surface area contributed by atoms with Gasteiger partial charge in [0.1, 0.15) is 0 Å². The molecular formula is C14H18N2S. The molecule has 2 nitrogen and oxygen atoms in total. The third kappa shape index (κ3) is 3.63. The van der Waals surface area contributed by atoms with Crippen LogP contribution in [0.25, 0.3) is 0 Å². The van der Waals surface area contributed by atoms with E-state index in [0.717, 1.165) is 11.6 Å². The summed E-state index contributed by atoms with van der Waals surface area (Å²) >= 11 is 1.85. The van der Waals surface area contributed by atoms with E-state index in [9.17, 15) is 0 Å². The summed E-state index contributed by atoms with van der Waals surface area (Å²) in [6.07, 6.45) is 6.17. The maximum absolute atomic E-state index is 4.34. The summed E-state index contributed by atoms with van der Waals surface area (Å²) in [5, 5.41) is 1.70. The van der Waals surface area contributed by atoms with Gasteiger partial charge in [-0.1, -0.05) is 49.0 Å². The van der Waals surface area contributed by atoms with Gasteiger partial charge < -0.3 is 4.57 Å². The lowest BCUT2D eigenvalue weighted by Gasteiger charge is -2.10. The quantitative estimate of drug-likeness (QED) is 0.751. The highest BCUT2D eigenvalue weighted by Gasteiger charge is 2.08. The Balaban J connectivity index is 1.82. The molecule has 17 heavy (non-hydrogen) atoms. The van der Waals surface area contributed by atoms with Crippen LogP contribution in [-0.4, -0.2) is 14.8 Å². The molecule has 0 fully saturated rings.